The molecule has 0 radical (unpaired) electrons. The Morgan fingerprint density at radius 1 is 1.35 bits per heavy atom. The highest BCUT2D eigenvalue weighted by molar-refractivity contribution is 9.10. The Hall–Kier alpha value is -1.17. The summed E-state index contributed by atoms with van der Waals surface area (Å²) in [6.45, 7) is 7.10. The summed E-state index contributed by atoms with van der Waals surface area (Å²) in [5, 5.41) is 4.49. The molecule has 0 saturated heterocycles. The lowest BCUT2D eigenvalue weighted by molar-refractivity contribution is 0.515. The van der Waals surface area contributed by atoms with Crippen LogP contribution in [-0.2, 0) is 13.0 Å². The molecule has 3 N–H and O–H groups in total. The molecular weight excluding hydrogens is 316 g/mol. The molecule has 5 heteroatoms. The molecule has 20 heavy (non-hydrogen) atoms. The average Bonchev–Trinajstić information content (AvgIpc) is 2.79. The Morgan fingerprint density at radius 3 is 2.75 bits per heavy atom. The summed E-state index contributed by atoms with van der Waals surface area (Å²) in [4.78, 5) is 0. The fraction of sp³-hybridized carbons (Fsp3) is 0.400. The Balaban J connectivity index is 2.30. The molecule has 2 aromatic rings. The lowest BCUT2D eigenvalue weighted by Gasteiger charge is -2.19. The molecule has 0 bridgehead atoms. The maximum absolute atomic E-state index is 5.77. The van der Waals surface area contributed by atoms with E-state index in [1.807, 2.05) is 17.7 Å². The van der Waals surface area contributed by atoms with Gasteiger partial charge in [0.15, 0.2) is 0 Å². The fourth-order valence-corrected chi connectivity index (χ4v) is 2.87. The van der Waals surface area contributed by atoms with Crippen LogP contribution in [0.25, 0.3) is 0 Å². The van der Waals surface area contributed by atoms with Crippen molar-refractivity contribution in [2.24, 2.45) is 5.84 Å². The van der Waals surface area contributed by atoms with Crippen LogP contribution in [0.4, 0.5) is 0 Å². The minimum absolute atomic E-state index is 0.0777. The number of benzene rings is 1. The minimum Gasteiger partial charge on any atom is -0.271 e. The maximum atomic E-state index is 5.77. The molecule has 1 atom stereocenters. The van der Waals surface area contributed by atoms with Crippen molar-refractivity contribution in [3.05, 3.63) is 51.3 Å². The first-order chi connectivity index (χ1) is 9.55. The van der Waals surface area contributed by atoms with Crippen molar-refractivity contribution in [1.29, 1.82) is 0 Å². The highest BCUT2D eigenvalue weighted by Crippen LogP contribution is 2.25. The third kappa shape index (κ3) is 3.29. The van der Waals surface area contributed by atoms with E-state index in [0.29, 0.717) is 0 Å². The first-order valence-electron chi connectivity index (χ1n) is 6.80. The van der Waals surface area contributed by atoms with Crippen LogP contribution < -0.4 is 11.3 Å². The van der Waals surface area contributed by atoms with E-state index in [1.165, 1.54) is 16.8 Å². The number of aryl methyl sites for hydroxylation is 3. The second kappa shape index (κ2) is 6.52. The zero-order valence-corrected chi connectivity index (χ0v) is 13.7. The lowest BCUT2D eigenvalue weighted by atomic mass is 9.98. The van der Waals surface area contributed by atoms with E-state index in [-0.39, 0.29) is 6.04 Å². The van der Waals surface area contributed by atoms with Crippen LogP contribution in [0.15, 0.2) is 28.7 Å². The second-order valence-corrected chi connectivity index (χ2v) is 5.93. The number of nitrogens with zero attached hydrogens (tertiary/aromatic N) is 2. The van der Waals surface area contributed by atoms with E-state index in [0.717, 1.165) is 23.1 Å². The van der Waals surface area contributed by atoms with E-state index >= 15 is 0 Å². The van der Waals surface area contributed by atoms with Crippen molar-refractivity contribution in [1.82, 2.24) is 15.2 Å². The zero-order chi connectivity index (χ0) is 14.7. The van der Waals surface area contributed by atoms with Crippen molar-refractivity contribution in [2.75, 3.05) is 0 Å². The summed E-state index contributed by atoms with van der Waals surface area (Å²) in [6.07, 6.45) is 0.822. The molecule has 0 amide bonds. The van der Waals surface area contributed by atoms with Gasteiger partial charge >= 0.3 is 0 Å². The van der Waals surface area contributed by atoms with E-state index in [2.05, 4.69) is 58.5 Å². The summed E-state index contributed by atoms with van der Waals surface area (Å²) < 4.78 is 3.10. The molecule has 0 fully saturated rings. The molecule has 1 aromatic heterocycles. The van der Waals surface area contributed by atoms with Crippen molar-refractivity contribution < 1.29 is 0 Å². The summed E-state index contributed by atoms with van der Waals surface area (Å²) in [5.41, 5.74) is 7.62. The highest BCUT2D eigenvalue weighted by atomic mass is 79.9. The third-order valence-electron chi connectivity index (χ3n) is 3.52. The van der Waals surface area contributed by atoms with Gasteiger partial charge < -0.3 is 0 Å². The van der Waals surface area contributed by atoms with Gasteiger partial charge in [-0.3, -0.25) is 16.0 Å². The number of hydrogen-bond acceptors (Lipinski definition) is 3. The monoisotopic (exact) mass is 336 g/mol. The number of rotatable bonds is 5. The quantitative estimate of drug-likeness (QED) is 0.651. The molecule has 4 nitrogen and oxygen atoms in total. The zero-order valence-electron chi connectivity index (χ0n) is 12.2. The van der Waals surface area contributed by atoms with Crippen LogP contribution in [0.1, 0.15) is 35.5 Å². The van der Waals surface area contributed by atoms with Gasteiger partial charge in [-0.2, -0.15) is 5.10 Å². The highest BCUT2D eigenvalue weighted by Gasteiger charge is 2.16. The Kier molecular flexibility index (Phi) is 4.96. The van der Waals surface area contributed by atoms with Gasteiger partial charge in [0.1, 0.15) is 0 Å². The molecule has 0 aliphatic heterocycles. The Bertz CT molecular complexity index is 592. The molecule has 2 rings (SSSR count). The molecule has 1 unspecified atom stereocenters. The van der Waals surface area contributed by atoms with Crippen LogP contribution in [0, 0.1) is 13.8 Å². The van der Waals surface area contributed by atoms with Crippen LogP contribution in [-0.4, -0.2) is 9.78 Å². The third-order valence-corrected chi connectivity index (χ3v) is 4.01. The molecule has 1 aromatic carbocycles. The van der Waals surface area contributed by atoms with Crippen molar-refractivity contribution in [2.45, 2.75) is 39.8 Å². The molecular formula is C15H21BrN4. The molecule has 0 aliphatic carbocycles. The predicted molar refractivity (Wildman–Crippen MR) is 85.3 cm³/mol. The lowest BCUT2D eigenvalue weighted by Crippen LogP contribution is -2.30. The van der Waals surface area contributed by atoms with E-state index in [1.54, 1.807) is 0 Å². The molecule has 0 spiro atoms. The van der Waals surface area contributed by atoms with E-state index in [9.17, 15) is 0 Å². The first-order valence-corrected chi connectivity index (χ1v) is 7.60. The first kappa shape index (κ1) is 15.2. The van der Waals surface area contributed by atoms with Crippen LogP contribution in [0.3, 0.4) is 0 Å². The summed E-state index contributed by atoms with van der Waals surface area (Å²) in [6, 6.07) is 8.48. The predicted octanol–water partition coefficient (Wildman–Crippen LogP) is 3.03. The van der Waals surface area contributed by atoms with Crippen LogP contribution in [0.5, 0.6) is 0 Å². The summed E-state index contributed by atoms with van der Waals surface area (Å²) in [7, 11) is 0. The Labute approximate surface area is 128 Å². The van der Waals surface area contributed by atoms with E-state index in [4.69, 9.17) is 5.84 Å². The number of hydrogen-bond donors (Lipinski definition) is 2. The Morgan fingerprint density at radius 2 is 2.10 bits per heavy atom. The molecule has 108 valence electrons. The number of hydrazine groups is 1. The van der Waals surface area contributed by atoms with Crippen molar-refractivity contribution in [3.63, 3.8) is 0 Å². The molecule has 0 aliphatic rings. The van der Waals surface area contributed by atoms with Gasteiger partial charge in [-0.05, 0) is 50.1 Å². The largest absolute Gasteiger partial charge is 0.271 e. The number of nitrogens with two attached hydrogens (primary N) is 1. The van der Waals surface area contributed by atoms with E-state index < -0.39 is 0 Å². The summed E-state index contributed by atoms with van der Waals surface area (Å²) in [5.74, 6) is 5.77. The van der Waals surface area contributed by atoms with Gasteiger partial charge in [-0.1, -0.05) is 22.0 Å². The van der Waals surface area contributed by atoms with Crippen molar-refractivity contribution in [3.8, 4) is 0 Å². The fourth-order valence-electron chi connectivity index (χ4n) is 2.49. The van der Waals surface area contributed by atoms with Crippen LogP contribution >= 0.6 is 15.9 Å². The second-order valence-electron chi connectivity index (χ2n) is 5.02. The number of aromatic nitrogens is 2. The number of halogens is 1. The van der Waals surface area contributed by atoms with Crippen molar-refractivity contribution >= 4 is 15.9 Å². The topological polar surface area (TPSA) is 55.9 Å². The smallest absolute Gasteiger partial charge is 0.0596 e. The van der Waals surface area contributed by atoms with Gasteiger partial charge in [0, 0.05) is 23.1 Å². The minimum atomic E-state index is 0.0777. The molecule has 0 saturated carbocycles. The van der Waals surface area contributed by atoms with Gasteiger partial charge in [-0.25, -0.2) is 0 Å². The normalized spacial score (nSPS) is 12.7. The van der Waals surface area contributed by atoms with Gasteiger partial charge in [0.25, 0.3) is 0 Å². The maximum Gasteiger partial charge on any atom is 0.0596 e. The standard InChI is InChI=1S/C15H21BrN4/c1-4-20-13(7-11(3)19-20)9-15(18-17)14-8-12(16)6-5-10(14)2/h5-8,15,18H,4,9,17H2,1-3H3. The van der Waals surface area contributed by atoms with Gasteiger partial charge in [0.05, 0.1) is 11.7 Å². The number of nitrogens with one attached hydrogen (secondary N) is 1. The van der Waals surface area contributed by atoms with Crippen LogP contribution in [0.2, 0.25) is 0 Å². The van der Waals surface area contributed by atoms with Gasteiger partial charge in [-0.15, -0.1) is 0 Å². The summed E-state index contributed by atoms with van der Waals surface area (Å²) >= 11 is 3.53. The SMILES string of the molecule is CCn1nc(C)cc1CC(NN)c1cc(Br)ccc1C. The average molecular weight is 337 g/mol. The molecule has 1 heterocycles. The van der Waals surface area contributed by atoms with Gasteiger partial charge in [0.2, 0.25) is 0 Å².